The van der Waals surface area contributed by atoms with Crippen LogP contribution in [-0.4, -0.2) is 45.6 Å². The first-order chi connectivity index (χ1) is 20.8. The van der Waals surface area contributed by atoms with Crippen molar-refractivity contribution in [3.05, 3.63) is 0 Å². The van der Waals surface area contributed by atoms with E-state index in [2.05, 4.69) is 19.2 Å². The molecule has 0 rings (SSSR count). The highest BCUT2D eigenvalue weighted by Gasteiger charge is 2.08. The summed E-state index contributed by atoms with van der Waals surface area (Å²) in [5.74, 6) is 0. The molecule has 0 aromatic rings. The molecule has 254 valence electrons. The highest BCUT2D eigenvalue weighted by Crippen LogP contribution is 2.14. The molecule has 0 aliphatic heterocycles. The summed E-state index contributed by atoms with van der Waals surface area (Å²) in [5, 5.41) is 3.60. The monoisotopic (exact) mass is 597 g/mol. The van der Waals surface area contributed by atoms with Gasteiger partial charge in [0, 0.05) is 13.2 Å². The zero-order valence-corrected chi connectivity index (χ0v) is 29.2. The van der Waals surface area contributed by atoms with Crippen molar-refractivity contribution >= 4 is 0 Å². The molecule has 4 nitrogen and oxygen atoms in total. The summed E-state index contributed by atoms with van der Waals surface area (Å²) in [5.41, 5.74) is 5.69. The van der Waals surface area contributed by atoms with Crippen molar-refractivity contribution in [1.29, 1.82) is 0 Å². The van der Waals surface area contributed by atoms with Gasteiger partial charge in [-0.05, 0) is 32.4 Å². The Labute approximate surface area is 265 Å². The second-order valence-corrected chi connectivity index (χ2v) is 13.1. The summed E-state index contributed by atoms with van der Waals surface area (Å²) in [6.45, 7) is 9.54. The van der Waals surface area contributed by atoms with Crippen LogP contribution in [0.1, 0.15) is 200 Å². The quantitative estimate of drug-likeness (QED) is 0.0696. The van der Waals surface area contributed by atoms with Gasteiger partial charge in [-0.15, -0.1) is 0 Å². The number of hydrogen-bond acceptors (Lipinski definition) is 4. The van der Waals surface area contributed by atoms with Gasteiger partial charge in [0.25, 0.3) is 0 Å². The van der Waals surface area contributed by atoms with Crippen LogP contribution in [0.4, 0.5) is 0 Å². The molecule has 0 saturated carbocycles. The maximum absolute atomic E-state index is 6.04. The summed E-state index contributed by atoms with van der Waals surface area (Å²) in [6, 6.07) is 0.287. The van der Waals surface area contributed by atoms with Crippen molar-refractivity contribution < 1.29 is 9.47 Å². The molecule has 0 amide bonds. The van der Waals surface area contributed by atoms with Crippen LogP contribution < -0.4 is 11.1 Å². The molecule has 0 aliphatic rings. The van der Waals surface area contributed by atoms with Gasteiger partial charge in [-0.1, -0.05) is 181 Å². The largest absolute Gasteiger partial charge is 0.380 e. The lowest BCUT2D eigenvalue weighted by Crippen LogP contribution is -2.39. The minimum Gasteiger partial charge on any atom is -0.380 e. The maximum atomic E-state index is 6.04. The van der Waals surface area contributed by atoms with Gasteiger partial charge >= 0.3 is 0 Å². The van der Waals surface area contributed by atoms with Crippen LogP contribution in [0.3, 0.4) is 0 Å². The zero-order chi connectivity index (χ0) is 30.4. The average molecular weight is 597 g/mol. The Balaban J connectivity index is 3.52. The molecule has 0 aromatic heterocycles. The molecular formula is C38H80N2O2. The molecule has 0 aromatic carbocycles. The number of ether oxygens (including phenoxy) is 2. The van der Waals surface area contributed by atoms with E-state index in [4.69, 9.17) is 15.2 Å². The average Bonchev–Trinajstić information content (AvgIpc) is 3.00. The van der Waals surface area contributed by atoms with E-state index in [0.29, 0.717) is 0 Å². The van der Waals surface area contributed by atoms with Gasteiger partial charge in [0.2, 0.25) is 0 Å². The van der Waals surface area contributed by atoms with E-state index in [0.717, 1.165) is 45.9 Å². The van der Waals surface area contributed by atoms with Crippen LogP contribution in [-0.2, 0) is 9.47 Å². The molecule has 0 saturated heterocycles. The predicted octanol–water partition coefficient (Wildman–Crippen LogP) is 11.3. The van der Waals surface area contributed by atoms with Gasteiger partial charge in [0.1, 0.15) is 0 Å². The summed E-state index contributed by atoms with van der Waals surface area (Å²) < 4.78 is 12.1. The third-order valence-corrected chi connectivity index (χ3v) is 8.74. The fourth-order valence-electron chi connectivity index (χ4n) is 5.82. The van der Waals surface area contributed by atoms with E-state index in [1.54, 1.807) is 0 Å². The summed E-state index contributed by atoms with van der Waals surface area (Å²) >= 11 is 0. The van der Waals surface area contributed by atoms with Crippen molar-refractivity contribution in [2.75, 3.05) is 39.5 Å². The first-order valence-corrected chi connectivity index (χ1v) is 19.4. The first kappa shape index (κ1) is 41.8. The van der Waals surface area contributed by atoms with Crippen LogP contribution >= 0.6 is 0 Å². The van der Waals surface area contributed by atoms with Crippen LogP contribution in [0.5, 0.6) is 0 Å². The smallest absolute Gasteiger partial charge is 0.0642 e. The first-order valence-electron chi connectivity index (χ1n) is 19.4. The van der Waals surface area contributed by atoms with E-state index in [9.17, 15) is 0 Å². The second-order valence-electron chi connectivity index (χ2n) is 13.1. The van der Waals surface area contributed by atoms with Gasteiger partial charge in [-0.3, -0.25) is 0 Å². The van der Waals surface area contributed by atoms with E-state index in [1.165, 1.54) is 180 Å². The van der Waals surface area contributed by atoms with Gasteiger partial charge in [-0.25, -0.2) is 0 Å². The summed E-state index contributed by atoms with van der Waals surface area (Å²) in [4.78, 5) is 0. The van der Waals surface area contributed by atoms with Crippen LogP contribution in [0.15, 0.2) is 0 Å². The highest BCUT2D eigenvalue weighted by molar-refractivity contribution is 4.66. The normalized spacial score (nSPS) is 11.7. The lowest BCUT2D eigenvalue weighted by molar-refractivity contribution is 0.0529. The Hall–Kier alpha value is -0.160. The van der Waals surface area contributed by atoms with E-state index in [1.807, 2.05) is 0 Å². The Morgan fingerprint density at radius 2 is 0.690 bits per heavy atom. The minimum atomic E-state index is 0.287. The lowest BCUT2D eigenvalue weighted by Gasteiger charge is -2.19. The molecular weight excluding hydrogens is 516 g/mol. The molecule has 3 N–H and O–H groups in total. The van der Waals surface area contributed by atoms with Gasteiger partial charge < -0.3 is 20.5 Å². The fourth-order valence-corrected chi connectivity index (χ4v) is 5.82. The van der Waals surface area contributed by atoms with E-state index < -0.39 is 0 Å². The molecule has 0 bridgehead atoms. The number of unbranched alkanes of at least 4 members (excludes halogenated alkanes) is 26. The molecule has 0 unspecified atom stereocenters. The van der Waals surface area contributed by atoms with Crippen molar-refractivity contribution in [2.24, 2.45) is 5.73 Å². The molecule has 0 fully saturated rings. The number of nitrogens with two attached hydrogens (primary N) is 1. The number of nitrogens with one attached hydrogen (secondary N) is 1. The topological polar surface area (TPSA) is 56.5 Å². The molecule has 4 heteroatoms. The minimum absolute atomic E-state index is 0.287. The number of rotatable bonds is 38. The van der Waals surface area contributed by atoms with Crippen LogP contribution in [0, 0.1) is 0 Å². The van der Waals surface area contributed by atoms with Crippen molar-refractivity contribution in [2.45, 2.75) is 206 Å². The second kappa shape index (κ2) is 38.9. The summed E-state index contributed by atoms with van der Waals surface area (Å²) in [6.07, 6.45) is 40.1. The van der Waals surface area contributed by atoms with Gasteiger partial charge in [0.05, 0.1) is 19.3 Å². The maximum Gasteiger partial charge on any atom is 0.0642 e. The summed E-state index contributed by atoms with van der Waals surface area (Å²) in [7, 11) is 0. The van der Waals surface area contributed by atoms with Crippen LogP contribution in [0.25, 0.3) is 0 Å². The molecule has 0 atom stereocenters. The van der Waals surface area contributed by atoms with Crippen molar-refractivity contribution in [1.82, 2.24) is 5.32 Å². The Bertz CT molecular complexity index is 426. The third kappa shape index (κ3) is 36.0. The molecule has 42 heavy (non-hydrogen) atoms. The number of hydrogen-bond donors (Lipinski definition) is 2. The Morgan fingerprint density at radius 1 is 0.405 bits per heavy atom. The molecule has 0 radical (unpaired) electrons. The Morgan fingerprint density at radius 3 is 0.976 bits per heavy atom. The fraction of sp³-hybridized carbons (Fsp3) is 1.00. The highest BCUT2D eigenvalue weighted by atomic mass is 16.5. The third-order valence-electron chi connectivity index (χ3n) is 8.74. The Kier molecular flexibility index (Phi) is 38.7. The van der Waals surface area contributed by atoms with E-state index >= 15 is 0 Å². The lowest BCUT2D eigenvalue weighted by atomic mass is 10.0. The van der Waals surface area contributed by atoms with E-state index in [-0.39, 0.29) is 6.04 Å². The molecule has 0 spiro atoms. The SMILES string of the molecule is CCCCCCCCCCCCCCCCOCC(COCCCCCCCCCCCCCCCC)NCCCN. The van der Waals surface area contributed by atoms with Crippen molar-refractivity contribution in [3.8, 4) is 0 Å². The van der Waals surface area contributed by atoms with Crippen molar-refractivity contribution in [3.63, 3.8) is 0 Å². The predicted molar refractivity (Wildman–Crippen MR) is 188 cm³/mol. The standard InChI is InChI=1S/C38H80N2O2/c1-3-5-7-9-11-13-15-17-19-21-23-25-27-29-34-41-36-38(40-33-31-32-39)37-42-35-30-28-26-24-22-20-18-16-14-12-10-8-6-4-2/h38,40H,3-37,39H2,1-2H3. The zero-order valence-electron chi connectivity index (χ0n) is 29.2. The van der Waals surface area contributed by atoms with Gasteiger partial charge in [0.15, 0.2) is 0 Å². The molecule has 0 heterocycles. The van der Waals surface area contributed by atoms with Gasteiger partial charge in [-0.2, -0.15) is 0 Å². The van der Waals surface area contributed by atoms with Crippen LogP contribution in [0.2, 0.25) is 0 Å². The molecule has 0 aliphatic carbocycles.